The summed E-state index contributed by atoms with van der Waals surface area (Å²) >= 11 is 0. The first kappa shape index (κ1) is 41.3. The van der Waals surface area contributed by atoms with E-state index in [1.54, 1.807) is 24.3 Å². The zero-order valence-electron chi connectivity index (χ0n) is 26.5. The minimum Gasteiger partial charge on any atom is -0.497 e. The maximum atomic E-state index is 12.8. The first-order valence-electron chi connectivity index (χ1n) is 14.3. The third-order valence-corrected chi connectivity index (χ3v) is 7.67. The minimum absolute atomic E-state index is 0.143. The van der Waals surface area contributed by atoms with E-state index >= 15 is 0 Å². The Balaban J connectivity index is 0.000000762. The van der Waals surface area contributed by atoms with E-state index in [0.717, 1.165) is 18.8 Å². The number of carbonyl (C=O) groups excluding carboxylic acids is 1. The molecule has 1 fully saturated rings. The van der Waals surface area contributed by atoms with Gasteiger partial charge in [0.1, 0.15) is 11.5 Å². The number of ether oxygens (including phenoxy) is 3. The fourth-order valence-corrected chi connectivity index (χ4v) is 5.17. The van der Waals surface area contributed by atoms with E-state index < -0.39 is 24.7 Å². The molecule has 1 aliphatic heterocycles. The lowest BCUT2D eigenvalue weighted by Gasteiger charge is -2.24. The predicted octanol–water partition coefficient (Wildman–Crippen LogP) is 5.59. The minimum atomic E-state index is -3.65. The molecule has 15 heteroatoms. The van der Waals surface area contributed by atoms with E-state index in [1.807, 2.05) is 46.8 Å². The average molecular weight is 662 g/mol. The number of nitrogens with one attached hydrogen (secondary N) is 1. The van der Waals surface area contributed by atoms with Crippen molar-refractivity contribution in [1.29, 1.82) is 0 Å². The zero-order valence-corrected chi connectivity index (χ0v) is 28.2. The summed E-state index contributed by atoms with van der Waals surface area (Å²) < 4.78 is 46.4. The standard InChI is InChI=1S/C15H23N3O5S.C8H11O4P.C4H8O.C2H6/c1-12(2)11-18(10-4-9-16-15(19)17-20)24(21,22)14-7-5-13(23-3)6-8-14;1-7-2-4-8(5-3-7)11-6-12-13(9)10;1-2-4-5-3-1;1-2/h5-8,12H,4,9-11H2,1-3H3,(H,16,19);2-5,9-10H,6H2,1H3;1-4H2;1-2H3. The molecule has 13 nitrogen and oxygen atoms in total. The highest BCUT2D eigenvalue weighted by molar-refractivity contribution is 7.89. The molecule has 3 N–H and O–H groups in total. The predicted molar refractivity (Wildman–Crippen MR) is 171 cm³/mol. The highest BCUT2D eigenvalue weighted by atomic mass is 32.2. The molecule has 3 rings (SSSR count). The fraction of sp³-hybridized carbons (Fsp3) is 0.552. The Morgan fingerprint density at radius 1 is 1.05 bits per heavy atom. The van der Waals surface area contributed by atoms with Crippen molar-refractivity contribution in [2.24, 2.45) is 11.1 Å². The molecular weight excluding hydrogens is 613 g/mol. The molecule has 44 heavy (non-hydrogen) atoms. The van der Waals surface area contributed by atoms with Gasteiger partial charge in [0.15, 0.2) is 6.79 Å². The molecule has 2 aromatic rings. The maximum absolute atomic E-state index is 12.8. The second kappa shape index (κ2) is 24.6. The number of nitroso groups, excluding NO2 is 1. The van der Waals surface area contributed by atoms with Gasteiger partial charge in [-0.15, -0.1) is 4.91 Å². The monoisotopic (exact) mass is 661 g/mol. The van der Waals surface area contributed by atoms with Crippen molar-refractivity contribution in [3.05, 3.63) is 59.0 Å². The van der Waals surface area contributed by atoms with Gasteiger partial charge in [-0.2, -0.15) is 4.31 Å². The summed E-state index contributed by atoms with van der Waals surface area (Å²) in [6.45, 7) is 12.4. The van der Waals surface area contributed by atoms with Crippen LogP contribution in [0.1, 0.15) is 52.5 Å². The van der Waals surface area contributed by atoms with Crippen molar-refractivity contribution in [3.8, 4) is 11.5 Å². The van der Waals surface area contributed by atoms with Crippen LogP contribution >= 0.6 is 8.60 Å². The SMILES string of the molecule is C1CCOC1.CC.COc1ccc(S(=O)(=O)N(CCCNC(=O)N=O)CC(C)C)cc1.Cc1ccc(OCOP(O)O)cc1. The summed E-state index contributed by atoms with van der Waals surface area (Å²) in [6.07, 6.45) is 2.93. The van der Waals surface area contributed by atoms with Crippen LogP contribution in [0.15, 0.2) is 58.6 Å². The number of rotatable bonds is 13. The molecule has 1 aliphatic rings. The molecule has 2 aromatic carbocycles. The molecule has 0 radical (unpaired) electrons. The lowest BCUT2D eigenvalue weighted by molar-refractivity contribution is 0.104. The number of nitrogens with zero attached hydrogens (tertiary/aromatic N) is 2. The highest BCUT2D eigenvalue weighted by Gasteiger charge is 2.25. The van der Waals surface area contributed by atoms with Crippen LogP contribution in [-0.2, 0) is 19.3 Å². The van der Waals surface area contributed by atoms with Crippen molar-refractivity contribution >= 4 is 24.7 Å². The Labute approximate surface area is 262 Å². The van der Waals surface area contributed by atoms with Gasteiger partial charge in [-0.25, -0.2) is 13.2 Å². The van der Waals surface area contributed by atoms with Gasteiger partial charge in [0, 0.05) is 38.0 Å². The van der Waals surface area contributed by atoms with E-state index in [9.17, 15) is 18.1 Å². The molecule has 2 amide bonds. The molecule has 0 spiro atoms. The van der Waals surface area contributed by atoms with Gasteiger partial charge < -0.3 is 29.3 Å². The molecule has 0 unspecified atom stereocenters. The topological polar surface area (TPSA) is 173 Å². The second-order valence-electron chi connectivity index (χ2n) is 9.39. The normalized spacial score (nSPS) is 12.2. The van der Waals surface area contributed by atoms with Gasteiger partial charge in [-0.1, -0.05) is 45.4 Å². The molecule has 0 saturated carbocycles. The van der Waals surface area contributed by atoms with Crippen molar-refractivity contribution in [2.45, 2.75) is 58.8 Å². The Bertz CT molecular complexity index is 1120. The van der Waals surface area contributed by atoms with Crippen LogP contribution in [0.5, 0.6) is 11.5 Å². The van der Waals surface area contributed by atoms with Crippen molar-refractivity contribution in [1.82, 2.24) is 9.62 Å². The summed E-state index contributed by atoms with van der Waals surface area (Å²) in [4.78, 5) is 37.7. The molecule has 0 atom stereocenters. The Morgan fingerprint density at radius 2 is 1.61 bits per heavy atom. The molecule has 0 bridgehead atoms. The number of urea groups is 1. The van der Waals surface area contributed by atoms with Crippen LogP contribution < -0.4 is 14.8 Å². The fourth-order valence-electron chi connectivity index (χ4n) is 3.38. The first-order chi connectivity index (χ1) is 21.0. The van der Waals surface area contributed by atoms with E-state index in [1.165, 1.54) is 36.4 Å². The Hall–Kier alpha value is -2.71. The number of hydrogen-bond donors (Lipinski definition) is 3. The van der Waals surface area contributed by atoms with E-state index in [0.29, 0.717) is 24.5 Å². The van der Waals surface area contributed by atoms with Crippen LogP contribution in [0.2, 0.25) is 0 Å². The summed E-state index contributed by atoms with van der Waals surface area (Å²) in [5.41, 5.74) is 1.14. The lowest BCUT2D eigenvalue weighted by Crippen LogP contribution is -2.36. The number of amides is 2. The molecule has 250 valence electrons. The number of carbonyl (C=O) groups is 1. The van der Waals surface area contributed by atoms with Crippen molar-refractivity contribution < 1.29 is 41.7 Å². The maximum Gasteiger partial charge on any atom is 0.378 e. The molecule has 1 heterocycles. The van der Waals surface area contributed by atoms with Crippen LogP contribution in [0.4, 0.5) is 4.79 Å². The summed E-state index contributed by atoms with van der Waals surface area (Å²) in [5.74, 6) is 1.36. The third kappa shape index (κ3) is 18.8. The number of hydrogen-bond acceptors (Lipinski definition) is 10. The Morgan fingerprint density at radius 3 is 2.07 bits per heavy atom. The van der Waals surface area contributed by atoms with E-state index in [-0.39, 0.29) is 30.7 Å². The zero-order chi connectivity index (χ0) is 33.4. The molecular formula is C29H48N3O10PS. The van der Waals surface area contributed by atoms with Crippen LogP contribution in [-0.4, -0.2) is 75.3 Å². The van der Waals surface area contributed by atoms with Crippen molar-refractivity contribution in [3.63, 3.8) is 0 Å². The van der Waals surface area contributed by atoms with Gasteiger partial charge in [0.25, 0.3) is 0 Å². The van der Waals surface area contributed by atoms with Crippen LogP contribution in [0.25, 0.3) is 0 Å². The van der Waals surface area contributed by atoms with Crippen molar-refractivity contribution in [2.75, 3.05) is 46.8 Å². The summed E-state index contributed by atoms with van der Waals surface area (Å²) in [5, 5.41) is 4.51. The number of methoxy groups -OCH3 is 1. The Kier molecular flexibility index (Phi) is 23.1. The highest BCUT2D eigenvalue weighted by Crippen LogP contribution is 2.24. The smallest absolute Gasteiger partial charge is 0.378 e. The van der Waals surface area contributed by atoms with Gasteiger partial charge >= 0.3 is 14.6 Å². The largest absolute Gasteiger partial charge is 0.497 e. The van der Waals surface area contributed by atoms with Crippen LogP contribution in [0, 0.1) is 17.7 Å². The van der Waals surface area contributed by atoms with Gasteiger partial charge in [-0.3, -0.25) is 4.52 Å². The average Bonchev–Trinajstić information content (AvgIpc) is 3.61. The van der Waals surface area contributed by atoms with E-state index in [2.05, 4.69) is 15.0 Å². The first-order valence-corrected chi connectivity index (χ1v) is 16.9. The number of sulfonamides is 1. The quantitative estimate of drug-likeness (QED) is 0.106. The second-order valence-corrected chi connectivity index (χ2v) is 12.1. The number of aryl methyl sites for hydroxylation is 1. The van der Waals surface area contributed by atoms with Gasteiger partial charge in [-0.05, 0) is 68.5 Å². The third-order valence-electron chi connectivity index (χ3n) is 5.45. The van der Waals surface area contributed by atoms with E-state index in [4.69, 9.17) is 24.0 Å². The van der Waals surface area contributed by atoms with Gasteiger partial charge in [0.05, 0.1) is 12.0 Å². The molecule has 0 aliphatic carbocycles. The summed E-state index contributed by atoms with van der Waals surface area (Å²) in [6, 6.07) is 12.6. The summed E-state index contributed by atoms with van der Waals surface area (Å²) in [7, 11) is -4.46. The molecule has 0 aromatic heterocycles. The van der Waals surface area contributed by atoms with Crippen LogP contribution in [0.3, 0.4) is 0 Å². The number of benzene rings is 2. The van der Waals surface area contributed by atoms with Gasteiger partial charge in [0.2, 0.25) is 10.0 Å². The molecule has 1 saturated heterocycles. The lowest BCUT2D eigenvalue weighted by atomic mass is 10.2.